The van der Waals surface area contributed by atoms with Crippen LogP contribution in [0.5, 0.6) is 5.75 Å². The van der Waals surface area contributed by atoms with Crippen LogP contribution in [0.25, 0.3) is 0 Å². The summed E-state index contributed by atoms with van der Waals surface area (Å²) in [6.45, 7) is 4.83. The minimum atomic E-state index is -1.57. The van der Waals surface area contributed by atoms with E-state index >= 15 is 0 Å². The zero-order valence-corrected chi connectivity index (χ0v) is 17.1. The van der Waals surface area contributed by atoms with E-state index < -0.39 is 61.4 Å². The predicted octanol–water partition coefficient (Wildman–Crippen LogP) is -1.55. The summed E-state index contributed by atoms with van der Waals surface area (Å²) in [4.78, 5) is 0. The predicted molar refractivity (Wildman–Crippen MR) is 106 cm³/mol. The van der Waals surface area contributed by atoms with E-state index in [0.29, 0.717) is 12.2 Å². The lowest BCUT2D eigenvalue weighted by molar-refractivity contribution is -0.318. The molecule has 6 N–H and O–H groups in total. The third-order valence-electron chi connectivity index (χ3n) is 5.46. The maximum Gasteiger partial charge on any atom is 0.229 e. The SMILES string of the molecule is C=CCc1ccc(O[C@@H]2O[C@@H](CO[C@@H]3O[C@H](C)[C@H](O)[C@@H](O)[C@H]3O)[C@@H](O)[C@H](O)[C@H]2O)cc1. The Labute approximate surface area is 179 Å². The average Bonchev–Trinajstić information content (AvgIpc) is 2.76. The van der Waals surface area contributed by atoms with E-state index in [4.69, 9.17) is 18.9 Å². The minimum absolute atomic E-state index is 0.347. The summed E-state index contributed by atoms with van der Waals surface area (Å²) >= 11 is 0. The second-order valence-electron chi connectivity index (χ2n) is 7.78. The molecule has 2 aliphatic heterocycles. The molecule has 2 fully saturated rings. The molecule has 0 spiro atoms. The molecule has 0 radical (unpaired) electrons. The highest BCUT2D eigenvalue weighted by atomic mass is 16.7. The van der Waals surface area contributed by atoms with Gasteiger partial charge in [0.1, 0.15) is 48.5 Å². The molecule has 3 rings (SSSR count). The van der Waals surface area contributed by atoms with Crippen molar-refractivity contribution in [3.8, 4) is 5.75 Å². The van der Waals surface area contributed by atoms with Gasteiger partial charge in [0.05, 0.1) is 12.7 Å². The highest BCUT2D eigenvalue weighted by Crippen LogP contribution is 2.27. The van der Waals surface area contributed by atoms with Crippen LogP contribution >= 0.6 is 0 Å². The van der Waals surface area contributed by atoms with Crippen molar-refractivity contribution in [3.63, 3.8) is 0 Å². The number of hydrogen-bond donors (Lipinski definition) is 6. The van der Waals surface area contributed by atoms with Crippen LogP contribution < -0.4 is 4.74 Å². The van der Waals surface area contributed by atoms with Crippen molar-refractivity contribution in [3.05, 3.63) is 42.5 Å². The van der Waals surface area contributed by atoms with E-state index in [1.807, 2.05) is 12.1 Å². The van der Waals surface area contributed by atoms with E-state index in [2.05, 4.69) is 6.58 Å². The number of allylic oxidation sites excluding steroid dienone is 1. The molecule has 2 saturated heterocycles. The maximum atomic E-state index is 10.3. The molecule has 1 aromatic rings. The van der Waals surface area contributed by atoms with Gasteiger partial charge in [-0.2, -0.15) is 0 Å². The quantitative estimate of drug-likeness (QED) is 0.273. The zero-order valence-electron chi connectivity index (χ0n) is 17.1. The first-order valence-corrected chi connectivity index (χ1v) is 10.1. The lowest BCUT2D eigenvalue weighted by atomic mass is 9.98. The highest BCUT2D eigenvalue weighted by Gasteiger charge is 2.47. The minimum Gasteiger partial charge on any atom is -0.462 e. The van der Waals surface area contributed by atoms with Crippen LogP contribution in [0.4, 0.5) is 0 Å². The first kappa shape index (κ1) is 24.1. The molecule has 10 heteroatoms. The molecule has 2 aliphatic rings. The third kappa shape index (κ3) is 5.43. The number of benzene rings is 1. The molecule has 174 valence electrons. The fraction of sp³-hybridized carbons (Fsp3) is 0.619. The van der Waals surface area contributed by atoms with Gasteiger partial charge in [-0.05, 0) is 31.0 Å². The Balaban J connectivity index is 1.62. The van der Waals surface area contributed by atoms with Crippen molar-refractivity contribution in [1.82, 2.24) is 0 Å². The molecule has 0 saturated carbocycles. The fourth-order valence-corrected chi connectivity index (χ4v) is 3.50. The standard InChI is InChI=1S/C21H30O10/c1-3-4-11-5-7-12(8-6-11)30-21-19(27)17(25)15(23)13(31-21)9-28-20-18(26)16(24)14(22)10(2)29-20/h3,5-8,10,13-27H,1,4,9H2,2H3/t10-,13+,14+,15-,16-,17+,18-,19-,20-,21-/m1/s1. The van der Waals surface area contributed by atoms with Crippen LogP contribution in [0.1, 0.15) is 12.5 Å². The number of aliphatic hydroxyl groups is 6. The van der Waals surface area contributed by atoms with Crippen molar-refractivity contribution >= 4 is 0 Å². The van der Waals surface area contributed by atoms with Crippen molar-refractivity contribution in [1.29, 1.82) is 0 Å². The normalized spacial score (nSPS) is 41.0. The Hall–Kier alpha value is -1.60. The van der Waals surface area contributed by atoms with E-state index in [9.17, 15) is 30.6 Å². The van der Waals surface area contributed by atoms with Crippen molar-refractivity contribution in [2.24, 2.45) is 0 Å². The average molecular weight is 442 g/mol. The van der Waals surface area contributed by atoms with E-state index in [-0.39, 0.29) is 6.61 Å². The molecule has 0 bridgehead atoms. The largest absolute Gasteiger partial charge is 0.462 e. The lowest BCUT2D eigenvalue weighted by Gasteiger charge is -2.42. The third-order valence-corrected chi connectivity index (χ3v) is 5.46. The monoisotopic (exact) mass is 442 g/mol. The van der Waals surface area contributed by atoms with Crippen LogP contribution in [-0.4, -0.2) is 98.7 Å². The molecule has 1 aromatic carbocycles. The molecule has 10 atom stereocenters. The Morgan fingerprint density at radius 1 is 0.839 bits per heavy atom. The van der Waals surface area contributed by atoms with Gasteiger partial charge < -0.3 is 49.6 Å². The van der Waals surface area contributed by atoms with Gasteiger partial charge >= 0.3 is 0 Å². The fourth-order valence-electron chi connectivity index (χ4n) is 3.50. The Bertz CT molecular complexity index is 713. The Morgan fingerprint density at radius 3 is 2.10 bits per heavy atom. The van der Waals surface area contributed by atoms with Gasteiger partial charge in [-0.25, -0.2) is 0 Å². The van der Waals surface area contributed by atoms with Gasteiger partial charge in [0.15, 0.2) is 6.29 Å². The Morgan fingerprint density at radius 2 is 1.45 bits per heavy atom. The zero-order chi connectivity index (χ0) is 22.7. The van der Waals surface area contributed by atoms with E-state index in [0.717, 1.165) is 5.56 Å². The molecule has 0 aliphatic carbocycles. The molecular weight excluding hydrogens is 412 g/mol. The number of rotatable bonds is 7. The number of aliphatic hydroxyl groups excluding tert-OH is 6. The second-order valence-corrected chi connectivity index (χ2v) is 7.78. The number of hydrogen-bond acceptors (Lipinski definition) is 10. The molecule has 0 amide bonds. The van der Waals surface area contributed by atoms with Crippen LogP contribution in [-0.2, 0) is 20.6 Å². The smallest absolute Gasteiger partial charge is 0.229 e. The van der Waals surface area contributed by atoms with Crippen molar-refractivity contribution in [2.75, 3.05) is 6.61 Å². The molecule has 31 heavy (non-hydrogen) atoms. The van der Waals surface area contributed by atoms with Crippen LogP contribution in [0, 0.1) is 0 Å². The number of ether oxygens (including phenoxy) is 4. The topological polar surface area (TPSA) is 158 Å². The van der Waals surface area contributed by atoms with Crippen molar-refractivity contribution in [2.45, 2.75) is 74.8 Å². The summed E-state index contributed by atoms with van der Waals surface area (Å²) in [6, 6.07) is 7.00. The van der Waals surface area contributed by atoms with Crippen LogP contribution in [0.3, 0.4) is 0 Å². The Kier molecular flexibility index (Phi) is 8.03. The summed E-state index contributed by atoms with van der Waals surface area (Å²) in [6.07, 6.45) is -10.9. The summed E-state index contributed by atoms with van der Waals surface area (Å²) in [5, 5.41) is 60.4. The lowest BCUT2D eigenvalue weighted by Crippen LogP contribution is -2.61. The second kappa shape index (κ2) is 10.3. The van der Waals surface area contributed by atoms with E-state index in [1.165, 1.54) is 6.92 Å². The summed E-state index contributed by atoms with van der Waals surface area (Å²) in [7, 11) is 0. The van der Waals surface area contributed by atoms with Crippen LogP contribution in [0.15, 0.2) is 36.9 Å². The van der Waals surface area contributed by atoms with Gasteiger partial charge in [0, 0.05) is 0 Å². The summed E-state index contributed by atoms with van der Waals surface area (Å²) < 4.78 is 22.0. The van der Waals surface area contributed by atoms with Gasteiger partial charge in [0.2, 0.25) is 6.29 Å². The summed E-state index contributed by atoms with van der Waals surface area (Å²) in [5.41, 5.74) is 1.02. The molecule has 0 aromatic heterocycles. The maximum absolute atomic E-state index is 10.3. The first-order chi connectivity index (χ1) is 14.7. The first-order valence-electron chi connectivity index (χ1n) is 10.1. The van der Waals surface area contributed by atoms with E-state index in [1.54, 1.807) is 18.2 Å². The van der Waals surface area contributed by atoms with Gasteiger partial charge in [0.25, 0.3) is 0 Å². The van der Waals surface area contributed by atoms with Gasteiger partial charge in [-0.3, -0.25) is 0 Å². The summed E-state index contributed by atoms with van der Waals surface area (Å²) in [5.74, 6) is 0.386. The van der Waals surface area contributed by atoms with Crippen LogP contribution in [0.2, 0.25) is 0 Å². The molecule has 2 heterocycles. The van der Waals surface area contributed by atoms with Gasteiger partial charge in [-0.15, -0.1) is 6.58 Å². The van der Waals surface area contributed by atoms with Crippen molar-refractivity contribution < 1.29 is 49.6 Å². The van der Waals surface area contributed by atoms with Gasteiger partial charge in [-0.1, -0.05) is 18.2 Å². The molecule has 10 nitrogen and oxygen atoms in total. The molecule has 0 unspecified atom stereocenters. The molecular formula is C21H30O10. The highest BCUT2D eigenvalue weighted by molar-refractivity contribution is 5.28.